The predicted octanol–water partition coefficient (Wildman–Crippen LogP) is 3.38. The third-order valence-electron chi connectivity index (χ3n) is 4.93. The van der Waals surface area contributed by atoms with E-state index in [1.54, 1.807) is 53.5 Å². The van der Waals surface area contributed by atoms with Gasteiger partial charge in [0.25, 0.3) is 15.9 Å². The molecule has 2 aromatic carbocycles. The number of nitrogens with zero attached hydrogens (tertiary/aromatic N) is 3. The fourth-order valence-corrected chi connectivity index (χ4v) is 4.39. The highest BCUT2D eigenvalue weighted by molar-refractivity contribution is 7.90. The van der Waals surface area contributed by atoms with Crippen molar-refractivity contribution in [3.05, 3.63) is 72.6 Å². The molecule has 0 unspecified atom stereocenters. The van der Waals surface area contributed by atoms with Gasteiger partial charge in [-0.25, -0.2) is 13.1 Å². The number of rotatable bonds is 5. The van der Waals surface area contributed by atoms with E-state index >= 15 is 0 Å². The first kappa shape index (κ1) is 20.8. The minimum atomic E-state index is -3.71. The molecule has 1 amide bonds. The minimum absolute atomic E-state index is 0.123. The number of carbonyl (C=O) groups is 1. The topological polar surface area (TPSA) is 105 Å². The van der Waals surface area contributed by atoms with Gasteiger partial charge in [0, 0.05) is 36.6 Å². The minimum Gasteiger partial charge on any atom is -0.322 e. The zero-order valence-electron chi connectivity index (χ0n) is 16.9. The highest BCUT2D eigenvalue weighted by atomic mass is 32.2. The van der Waals surface area contributed by atoms with Crippen molar-refractivity contribution in [2.75, 3.05) is 11.9 Å². The lowest BCUT2D eigenvalue weighted by molar-refractivity contribution is 0.102. The summed E-state index contributed by atoms with van der Waals surface area (Å²) in [5, 5.41) is 6.96. The van der Waals surface area contributed by atoms with Crippen molar-refractivity contribution in [1.82, 2.24) is 14.5 Å². The maximum Gasteiger partial charge on any atom is 0.262 e. The molecule has 0 bridgehead atoms. The quantitative estimate of drug-likeness (QED) is 0.638. The standard InChI is InChI=1S/C22H23N5O3S/c28-22(17-6-4-7-19(16-17)27-15-5-14-24-27)25-18-9-11-20(12-10-18)31(29,30)26-21-8-2-1-3-13-23-21/h4-7,9-12,14-16H,1-3,8,13H2,(H,23,26)(H,25,28). The SMILES string of the molecule is O=C(Nc1ccc(S(=O)(=O)NC2=NCCCCC2)cc1)c1cccc(-n2cccn2)c1. The molecule has 0 spiro atoms. The van der Waals surface area contributed by atoms with Crippen molar-refractivity contribution < 1.29 is 13.2 Å². The van der Waals surface area contributed by atoms with Gasteiger partial charge in [-0.1, -0.05) is 12.5 Å². The van der Waals surface area contributed by atoms with Crippen LogP contribution in [-0.2, 0) is 10.0 Å². The van der Waals surface area contributed by atoms with Crippen molar-refractivity contribution in [2.24, 2.45) is 4.99 Å². The highest BCUT2D eigenvalue weighted by Crippen LogP contribution is 2.17. The molecule has 2 N–H and O–H groups in total. The summed E-state index contributed by atoms with van der Waals surface area (Å²) < 4.78 is 29.5. The van der Waals surface area contributed by atoms with Gasteiger partial charge >= 0.3 is 0 Å². The molecule has 1 aliphatic rings. The van der Waals surface area contributed by atoms with Crippen molar-refractivity contribution in [2.45, 2.75) is 30.6 Å². The van der Waals surface area contributed by atoms with Crippen LogP contribution in [0.15, 0.2) is 76.9 Å². The first-order chi connectivity index (χ1) is 15.0. The van der Waals surface area contributed by atoms with Crippen LogP contribution in [0, 0.1) is 0 Å². The van der Waals surface area contributed by atoms with E-state index in [1.165, 1.54) is 12.1 Å². The second-order valence-electron chi connectivity index (χ2n) is 7.22. The predicted molar refractivity (Wildman–Crippen MR) is 119 cm³/mol. The number of sulfonamides is 1. The first-order valence-electron chi connectivity index (χ1n) is 10.1. The Labute approximate surface area is 181 Å². The van der Waals surface area contributed by atoms with Crippen molar-refractivity contribution in [1.29, 1.82) is 0 Å². The molecule has 9 heteroatoms. The molecule has 1 aromatic heterocycles. The van der Waals surface area contributed by atoms with Gasteiger partial charge in [0.1, 0.15) is 5.84 Å². The van der Waals surface area contributed by atoms with Crippen molar-refractivity contribution in [3.8, 4) is 5.69 Å². The Morgan fingerprint density at radius 3 is 2.61 bits per heavy atom. The molecule has 3 aromatic rings. The molecule has 160 valence electrons. The van der Waals surface area contributed by atoms with Gasteiger partial charge in [-0.2, -0.15) is 5.10 Å². The number of hydrogen-bond donors (Lipinski definition) is 2. The number of anilines is 1. The van der Waals surface area contributed by atoms with E-state index in [0.717, 1.165) is 24.9 Å². The van der Waals surface area contributed by atoms with Crippen molar-refractivity contribution >= 4 is 27.5 Å². The summed E-state index contributed by atoms with van der Waals surface area (Å²) in [6, 6.07) is 15.0. The Bertz CT molecular complexity index is 1190. The molecule has 8 nitrogen and oxygen atoms in total. The second kappa shape index (κ2) is 9.13. The number of amides is 1. The molecule has 2 heterocycles. The third kappa shape index (κ3) is 5.18. The third-order valence-corrected chi connectivity index (χ3v) is 6.32. The van der Waals surface area contributed by atoms with Gasteiger partial charge in [0.2, 0.25) is 0 Å². The van der Waals surface area contributed by atoms with E-state index in [4.69, 9.17) is 0 Å². The molecule has 0 saturated heterocycles. The van der Waals surface area contributed by atoms with E-state index in [1.807, 2.05) is 6.07 Å². The van der Waals surface area contributed by atoms with Crippen LogP contribution in [0.3, 0.4) is 0 Å². The van der Waals surface area contributed by atoms with Gasteiger partial charge in [-0.3, -0.25) is 14.5 Å². The maximum absolute atomic E-state index is 12.6. The van der Waals surface area contributed by atoms with Crippen LogP contribution >= 0.6 is 0 Å². The number of nitrogens with one attached hydrogen (secondary N) is 2. The Balaban J connectivity index is 1.44. The normalized spacial score (nSPS) is 14.4. The summed E-state index contributed by atoms with van der Waals surface area (Å²) >= 11 is 0. The summed E-state index contributed by atoms with van der Waals surface area (Å²) in [5.74, 6) is 0.211. The molecule has 4 rings (SSSR count). The van der Waals surface area contributed by atoms with Crippen LogP contribution in [0.2, 0.25) is 0 Å². The van der Waals surface area contributed by atoms with Crippen molar-refractivity contribution in [3.63, 3.8) is 0 Å². The Morgan fingerprint density at radius 1 is 1.00 bits per heavy atom. The lowest BCUT2D eigenvalue weighted by Gasteiger charge is -2.11. The molecular weight excluding hydrogens is 414 g/mol. The smallest absolute Gasteiger partial charge is 0.262 e. The number of benzene rings is 2. The van der Waals surface area contributed by atoms with E-state index in [0.29, 0.717) is 30.1 Å². The monoisotopic (exact) mass is 437 g/mol. The van der Waals surface area contributed by atoms with Crippen LogP contribution in [-0.4, -0.2) is 36.5 Å². The average molecular weight is 438 g/mol. The molecular formula is C22H23N5O3S. The molecule has 0 fully saturated rings. The van der Waals surface area contributed by atoms with E-state index in [-0.39, 0.29) is 10.8 Å². The summed E-state index contributed by atoms with van der Waals surface area (Å²) in [7, 11) is -3.71. The number of hydrogen-bond acceptors (Lipinski definition) is 5. The number of aromatic nitrogens is 2. The molecule has 0 atom stereocenters. The fourth-order valence-electron chi connectivity index (χ4n) is 3.30. The number of aliphatic imine (C=N–C) groups is 1. The molecule has 1 aliphatic heterocycles. The van der Waals surface area contributed by atoms with E-state index in [2.05, 4.69) is 20.1 Å². The first-order valence-corrected chi connectivity index (χ1v) is 11.6. The van der Waals surface area contributed by atoms with Crippen LogP contribution in [0.25, 0.3) is 5.69 Å². The summed E-state index contributed by atoms with van der Waals surface area (Å²) in [5.41, 5.74) is 1.74. The van der Waals surface area contributed by atoms with Gasteiger partial charge < -0.3 is 5.32 Å². The number of carbonyl (C=O) groups excluding carboxylic acids is 1. The Morgan fingerprint density at radius 2 is 1.84 bits per heavy atom. The lowest BCUT2D eigenvalue weighted by Crippen LogP contribution is -2.30. The van der Waals surface area contributed by atoms with Crippen LogP contribution < -0.4 is 10.0 Å². The fraction of sp³-hybridized carbons (Fsp3) is 0.227. The summed E-state index contributed by atoms with van der Waals surface area (Å²) in [6.45, 7) is 0.643. The zero-order valence-corrected chi connectivity index (χ0v) is 17.7. The lowest BCUT2D eigenvalue weighted by atomic mass is 10.2. The van der Waals surface area contributed by atoms with Gasteiger partial charge in [0.15, 0.2) is 0 Å². The maximum atomic E-state index is 12.6. The molecule has 0 aliphatic carbocycles. The molecule has 0 saturated carbocycles. The second-order valence-corrected chi connectivity index (χ2v) is 8.91. The van der Waals surface area contributed by atoms with E-state index < -0.39 is 10.0 Å². The van der Waals surface area contributed by atoms with Crippen LogP contribution in [0.5, 0.6) is 0 Å². The van der Waals surface area contributed by atoms with Gasteiger partial charge in [-0.15, -0.1) is 0 Å². The summed E-state index contributed by atoms with van der Waals surface area (Å²) in [4.78, 5) is 17.1. The average Bonchev–Trinajstić information content (AvgIpc) is 3.20. The Hall–Kier alpha value is -3.46. The van der Waals surface area contributed by atoms with Gasteiger partial charge in [-0.05, 0) is 61.4 Å². The molecule has 31 heavy (non-hydrogen) atoms. The van der Waals surface area contributed by atoms with E-state index in [9.17, 15) is 13.2 Å². The highest BCUT2D eigenvalue weighted by Gasteiger charge is 2.17. The zero-order chi connectivity index (χ0) is 21.7. The summed E-state index contributed by atoms with van der Waals surface area (Å²) in [6.07, 6.45) is 7.04. The van der Waals surface area contributed by atoms with Crippen LogP contribution in [0.4, 0.5) is 5.69 Å². The Kier molecular flexibility index (Phi) is 6.13. The van der Waals surface area contributed by atoms with Gasteiger partial charge in [0.05, 0.1) is 10.6 Å². The largest absolute Gasteiger partial charge is 0.322 e. The molecule has 0 radical (unpaired) electrons. The van der Waals surface area contributed by atoms with Crippen LogP contribution in [0.1, 0.15) is 36.0 Å². The number of amidine groups is 1.